The van der Waals surface area contributed by atoms with Gasteiger partial charge in [-0.25, -0.2) is 9.18 Å². The number of carbonyl (C=O) groups excluding carboxylic acids is 1. The predicted molar refractivity (Wildman–Crippen MR) is 68.8 cm³/mol. The van der Waals surface area contributed by atoms with Crippen molar-refractivity contribution in [1.82, 2.24) is 4.90 Å². The van der Waals surface area contributed by atoms with Crippen molar-refractivity contribution in [3.8, 4) is 0 Å². The third-order valence-electron chi connectivity index (χ3n) is 3.44. The molecule has 1 heterocycles. The first-order valence-electron chi connectivity index (χ1n) is 6.38. The molecule has 1 aromatic carbocycles. The molecule has 0 bridgehead atoms. The van der Waals surface area contributed by atoms with Gasteiger partial charge in [-0.2, -0.15) is 0 Å². The first-order valence-corrected chi connectivity index (χ1v) is 6.38. The Kier molecular flexibility index (Phi) is 4.34. The molecule has 0 spiro atoms. The second-order valence-electron chi connectivity index (χ2n) is 4.70. The number of carboxylic acid groups (broad SMARTS) is 1. The van der Waals surface area contributed by atoms with Gasteiger partial charge >= 0.3 is 5.97 Å². The molecular formula is C14H16FNO4. The Hall–Kier alpha value is -1.95. The highest BCUT2D eigenvalue weighted by Crippen LogP contribution is 2.23. The molecule has 2 atom stereocenters. The summed E-state index contributed by atoms with van der Waals surface area (Å²) in [6.45, 7) is 2.04. The summed E-state index contributed by atoms with van der Waals surface area (Å²) in [4.78, 5) is 24.8. The van der Waals surface area contributed by atoms with Crippen molar-refractivity contribution in [3.05, 3.63) is 35.6 Å². The Labute approximate surface area is 116 Å². The molecule has 1 fully saturated rings. The van der Waals surface area contributed by atoms with Crippen molar-refractivity contribution < 1.29 is 23.8 Å². The Morgan fingerprint density at radius 1 is 1.45 bits per heavy atom. The number of carbonyl (C=O) groups is 2. The number of amides is 1. The maximum atomic E-state index is 13.7. The molecule has 108 valence electrons. The number of hydrogen-bond donors (Lipinski definition) is 1. The Morgan fingerprint density at radius 3 is 2.80 bits per heavy atom. The SMILES string of the molecule is CC(C(=O)N1CCOCC1C(=O)O)c1ccccc1F. The van der Waals surface area contributed by atoms with E-state index < -0.39 is 29.7 Å². The standard InChI is InChI=1S/C14H16FNO4/c1-9(10-4-2-3-5-11(10)15)13(17)16-6-7-20-8-12(16)14(18)19/h2-5,9,12H,6-8H2,1H3,(H,18,19). The quantitative estimate of drug-likeness (QED) is 0.905. The van der Waals surface area contributed by atoms with Crippen LogP contribution in [0.3, 0.4) is 0 Å². The minimum absolute atomic E-state index is 0.0366. The van der Waals surface area contributed by atoms with E-state index in [4.69, 9.17) is 9.84 Å². The lowest BCUT2D eigenvalue weighted by Crippen LogP contribution is -2.53. The lowest BCUT2D eigenvalue weighted by atomic mass is 9.98. The van der Waals surface area contributed by atoms with Crippen molar-refractivity contribution in [1.29, 1.82) is 0 Å². The number of hydrogen-bond acceptors (Lipinski definition) is 3. The summed E-state index contributed by atoms with van der Waals surface area (Å²) < 4.78 is 18.8. The zero-order chi connectivity index (χ0) is 14.7. The minimum Gasteiger partial charge on any atom is -0.480 e. The zero-order valence-corrected chi connectivity index (χ0v) is 11.1. The molecule has 5 nitrogen and oxygen atoms in total. The van der Waals surface area contributed by atoms with E-state index in [0.717, 1.165) is 0 Å². The summed E-state index contributed by atoms with van der Waals surface area (Å²) in [5.41, 5.74) is 0.271. The van der Waals surface area contributed by atoms with Crippen LogP contribution in [0.25, 0.3) is 0 Å². The molecule has 1 saturated heterocycles. The molecule has 2 unspecified atom stereocenters. The van der Waals surface area contributed by atoms with Gasteiger partial charge in [0.2, 0.25) is 5.91 Å². The summed E-state index contributed by atoms with van der Waals surface area (Å²) in [7, 11) is 0. The number of ether oxygens (including phenoxy) is 1. The number of rotatable bonds is 3. The fraction of sp³-hybridized carbons (Fsp3) is 0.429. The smallest absolute Gasteiger partial charge is 0.328 e. The summed E-state index contributed by atoms with van der Waals surface area (Å²) in [5.74, 6) is -2.70. The maximum absolute atomic E-state index is 13.7. The normalized spacial score (nSPS) is 20.5. The van der Waals surface area contributed by atoms with E-state index >= 15 is 0 Å². The van der Waals surface area contributed by atoms with Gasteiger partial charge in [-0.05, 0) is 18.6 Å². The fourth-order valence-corrected chi connectivity index (χ4v) is 2.28. The molecule has 1 aliphatic rings. The van der Waals surface area contributed by atoms with Crippen molar-refractivity contribution in [2.75, 3.05) is 19.8 Å². The van der Waals surface area contributed by atoms with Gasteiger partial charge in [0, 0.05) is 6.54 Å². The van der Waals surface area contributed by atoms with Gasteiger partial charge in [0.25, 0.3) is 0 Å². The first-order chi connectivity index (χ1) is 9.52. The van der Waals surface area contributed by atoms with Crippen LogP contribution in [0, 0.1) is 5.82 Å². The van der Waals surface area contributed by atoms with Crippen LogP contribution < -0.4 is 0 Å². The zero-order valence-electron chi connectivity index (χ0n) is 11.1. The fourth-order valence-electron chi connectivity index (χ4n) is 2.28. The van der Waals surface area contributed by atoms with Crippen LogP contribution in [0.2, 0.25) is 0 Å². The topological polar surface area (TPSA) is 66.8 Å². The molecule has 1 amide bonds. The average Bonchev–Trinajstić information content (AvgIpc) is 2.46. The van der Waals surface area contributed by atoms with Gasteiger partial charge in [-0.1, -0.05) is 18.2 Å². The van der Waals surface area contributed by atoms with Crippen LogP contribution in [-0.4, -0.2) is 47.7 Å². The molecule has 20 heavy (non-hydrogen) atoms. The van der Waals surface area contributed by atoms with E-state index in [9.17, 15) is 14.0 Å². The molecule has 1 aromatic rings. The van der Waals surface area contributed by atoms with Gasteiger partial charge in [-0.3, -0.25) is 4.79 Å². The Morgan fingerprint density at radius 2 is 2.15 bits per heavy atom. The number of carboxylic acids is 1. The third-order valence-corrected chi connectivity index (χ3v) is 3.44. The summed E-state index contributed by atoms with van der Waals surface area (Å²) in [6, 6.07) is 5.01. The van der Waals surface area contributed by atoms with Crippen molar-refractivity contribution in [2.45, 2.75) is 18.9 Å². The molecule has 1 aliphatic heterocycles. The number of aliphatic carboxylic acids is 1. The molecule has 0 aromatic heterocycles. The molecule has 0 radical (unpaired) electrons. The number of halogens is 1. The van der Waals surface area contributed by atoms with E-state index in [1.165, 1.54) is 17.0 Å². The lowest BCUT2D eigenvalue weighted by molar-refractivity contribution is -0.158. The number of morpholine rings is 1. The highest BCUT2D eigenvalue weighted by atomic mass is 19.1. The number of nitrogens with zero attached hydrogens (tertiary/aromatic N) is 1. The van der Waals surface area contributed by atoms with Gasteiger partial charge in [0.1, 0.15) is 5.82 Å². The van der Waals surface area contributed by atoms with E-state index in [-0.39, 0.29) is 18.7 Å². The van der Waals surface area contributed by atoms with Crippen LogP contribution in [0.15, 0.2) is 24.3 Å². The van der Waals surface area contributed by atoms with Crippen LogP contribution in [0.4, 0.5) is 4.39 Å². The van der Waals surface area contributed by atoms with Crippen LogP contribution in [-0.2, 0) is 14.3 Å². The van der Waals surface area contributed by atoms with Gasteiger partial charge in [0.05, 0.1) is 19.1 Å². The maximum Gasteiger partial charge on any atom is 0.328 e. The van der Waals surface area contributed by atoms with Gasteiger partial charge in [0.15, 0.2) is 6.04 Å². The monoisotopic (exact) mass is 281 g/mol. The molecular weight excluding hydrogens is 265 g/mol. The predicted octanol–water partition coefficient (Wildman–Crippen LogP) is 1.24. The van der Waals surface area contributed by atoms with Crippen LogP contribution in [0.5, 0.6) is 0 Å². The van der Waals surface area contributed by atoms with E-state index in [2.05, 4.69) is 0 Å². The van der Waals surface area contributed by atoms with Gasteiger partial charge in [-0.15, -0.1) is 0 Å². The Balaban J connectivity index is 2.21. The van der Waals surface area contributed by atoms with Crippen molar-refractivity contribution in [2.24, 2.45) is 0 Å². The molecule has 2 rings (SSSR count). The van der Waals surface area contributed by atoms with E-state index in [1.807, 2.05) is 0 Å². The summed E-state index contributed by atoms with van der Waals surface area (Å²) in [5, 5.41) is 9.12. The van der Waals surface area contributed by atoms with Crippen molar-refractivity contribution in [3.63, 3.8) is 0 Å². The Bertz CT molecular complexity index is 520. The molecule has 0 aliphatic carbocycles. The second kappa shape index (κ2) is 6.00. The third kappa shape index (κ3) is 2.80. The lowest BCUT2D eigenvalue weighted by Gasteiger charge is -2.34. The average molecular weight is 281 g/mol. The second-order valence-corrected chi connectivity index (χ2v) is 4.70. The molecule has 6 heteroatoms. The first kappa shape index (κ1) is 14.5. The van der Waals surface area contributed by atoms with E-state index in [0.29, 0.717) is 6.61 Å². The van der Waals surface area contributed by atoms with Crippen LogP contribution in [0.1, 0.15) is 18.4 Å². The minimum atomic E-state index is -1.11. The molecule has 1 N–H and O–H groups in total. The number of benzene rings is 1. The van der Waals surface area contributed by atoms with Crippen LogP contribution >= 0.6 is 0 Å². The molecule has 0 saturated carbocycles. The summed E-state index contributed by atoms with van der Waals surface area (Å²) in [6.07, 6.45) is 0. The van der Waals surface area contributed by atoms with Gasteiger partial charge < -0.3 is 14.7 Å². The summed E-state index contributed by atoms with van der Waals surface area (Å²) >= 11 is 0. The van der Waals surface area contributed by atoms with Crippen molar-refractivity contribution >= 4 is 11.9 Å². The largest absolute Gasteiger partial charge is 0.480 e. The highest BCUT2D eigenvalue weighted by Gasteiger charge is 2.35. The highest BCUT2D eigenvalue weighted by molar-refractivity contribution is 5.88. The van der Waals surface area contributed by atoms with E-state index in [1.54, 1.807) is 19.1 Å².